The van der Waals surface area contributed by atoms with Gasteiger partial charge in [-0.15, -0.1) is 0 Å². The fourth-order valence-electron chi connectivity index (χ4n) is 3.76. The predicted molar refractivity (Wildman–Crippen MR) is 125 cm³/mol. The first-order valence-electron chi connectivity index (χ1n) is 10.4. The highest BCUT2D eigenvalue weighted by Crippen LogP contribution is 2.54. The third-order valence-electron chi connectivity index (χ3n) is 5.40. The lowest BCUT2D eigenvalue weighted by Crippen LogP contribution is -2.13. The highest BCUT2D eigenvalue weighted by Gasteiger charge is 2.32. The molecule has 2 N–H and O–H groups in total. The Hall–Kier alpha value is -2.24. The number of benzene rings is 1. The smallest absolute Gasteiger partial charge is 0.395 e. The van der Waals surface area contributed by atoms with Crippen molar-refractivity contribution in [2.24, 2.45) is 0 Å². The van der Waals surface area contributed by atoms with Gasteiger partial charge in [0.1, 0.15) is 17.9 Å². The van der Waals surface area contributed by atoms with Crippen molar-refractivity contribution in [1.29, 1.82) is 0 Å². The highest BCUT2D eigenvalue weighted by atomic mass is 31.2. The highest BCUT2D eigenvalue weighted by molar-refractivity contribution is 7.53. The van der Waals surface area contributed by atoms with Crippen molar-refractivity contribution in [1.82, 2.24) is 4.98 Å². The lowest BCUT2D eigenvalue weighted by molar-refractivity contribution is 0.339. The summed E-state index contributed by atoms with van der Waals surface area (Å²) >= 11 is 0. The van der Waals surface area contributed by atoms with Crippen molar-refractivity contribution in [2.45, 2.75) is 60.3 Å². The molecule has 172 valence electrons. The van der Waals surface area contributed by atoms with Gasteiger partial charge in [0, 0.05) is 22.9 Å². The number of aryl methyl sites for hydroxylation is 1. The lowest BCUT2D eigenvalue weighted by Gasteiger charge is -2.28. The van der Waals surface area contributed by atoms with Crippen molar-refractivity contribution in [3.63, 3.8) is 0 Å². The molecule has 1 aromatic heterocycles. The fraction of sp³-hybridized carbons (Fsp3) is 0.522. The van der Waals surface area contributed by atoms with Gasteiger partial charge in [0.05, 0.1) is 14.2 Å². The summed E-state index contributed by atoms with van der Waals surface area (Å²) in [5.41, 5.74) is 4.35. The van der Waals surface area contributed by atoms with E-state index < -0.39 is 7.60 Å². The van der Waals surface area contributed by atoms with Crippen LogP contribution < -0.4 is 19.3 Å². The molecule has 0 bridgehead atoms. The summed E-state index contributed by atoms with van der Waals surface area (Å²) in [6.45, 7) is 13.8. The molecule has 0 saturated carbocycles. The second-order valence-electron chi connectivity index (χ2n) is 8.32. The third-order valence-corrected chi connectivity index (χ3v) is 6.43. The van der Waals surface area contributed by atoms with E-state index in [-0.39, 0.29) is 18.1 Å². The molecule has 1 unspecified atom stereocenters. The van der Waals surface area contributed by atoms with E-state index in [1.807, 2.05) is 54.5 Å². The van der Waals surface area contributed by atoms with Gasteiger partial charge in [-0.05, 0) is 49.8 Å². The summed E-state index contributed by atoms with van der Waals surface area (Å²) in [6, 6.07) is 1.89. The molecule has 7 nitrogen and oxygen atoms in total. The molecule has 31 heavy (non-hydrogen) atoms. The lowest BCUT2D eigenvalue weighted by atomic mass is 9.89. The Labute approximate surface area is 185 Å². The number of pyridine rings is 1. The van der Waals surface area contributed by atoms with Crippen LogP contribution in [0.2, 0.25) is 0 Å². The predicted octanol–water partition coefficient (Wildman–Crippen LogP) is 5.90. The van der Waals surface area contributed by atoms with E-state index in [4.69, 9.17) is 14.0 Å². The molecule has 0 spiro atoms. The van der Waals surface area contributed by atoms with Crippen LogP contribution in [0.15, 0.2) is 12.3 Å². The topological polar surface area (TPSA) is 89.9 Å². The zero-order chi connectivity index (χ0) is 23.5. The molecule has 0 saturated heterocycles. The summed E-state index contributed by atoms with van der Waals surface area (Å²) in [6.07, 6.45) is 1.39. The van der Waals surface area contributed by atoms with Crippen molar-refractivity contribution in [3.8, 4) is 17.2 Å². The Kier molecular flexibility index (Phi) is 8.01. The number of ether oxygens (including phenoxy) is 2. The maximum absolute atomic E-state index is 13.1. The summed E-state index contributed by atoms with van der Waals surface area (Å²) in [5, 5.41) is 2.97. The summed E-state index contributed by atoms with van der Waals surface area (Å²) in [5.74, 6) is 2.12. The number of aromatic nitrogens is 1. The minimum atomic E-state index is -4.07. The quantitative estimate of drug-likeness (QED) is 0.459. The molecule has 0 amide bonds. The first-order valence-corrected chi connectivity index (χ1v) is 12.2. The molecule has 1 aromatic carbocycles. The Morgan fingerprint density at radius 1 is 0.968 bits per heavy atom. The van der Waals surface area contributed by atoms with Crippen LogP contribution >= 0.6 is 7.60 Å². The van der Waals surface area contributed by atoms with E-state index in [0.717, 1.165) is 22.3 Å². The largest absolute Gasteiger partial charge is 0.493 e. The number of nitrogens with zero attached hydrogens (tertiary/aromatic N) is 1. The molecule has 2 aromatic rings. The van der Waals surface area contributed by atoms with Crippen LogP contribution in [-0.2, 0) is 4.57 Å². The Balaban J connectivity index is 2.54. The molecule has 0 aliphatic heterocycles. The van der Waals surface area contributed by atoms with Crippen LogP contribution in [-0.4, -0.2) is 30.4 Å². The van der Waals surface area contributed by atoms with Gasteiger partial charge < -0.3 is 24.2 Å². The van der Waals surface area contributed by atoms with E-state index in [1.54, 1.807) is 20.4 Å². The maximum atomic E-state index is 13.1. The zero-order valence-electron chi connectivity index (χ0n) is 20.0. The SMILES string of the molecule is COc1c(C)c(C(C)C)c(OP(=O)(O)CNc2nccc(C)c2C)c(C(C)C)c1OC. The van der Waals surface area contributed by atoms with Crippen LogP contribution in [0.25, 0.3) is 0 Å². The molecule has 0 aliphatic carbocycles. The number of methoxy groups -OCH3 is 2. The number of hydrogen-bond acceptors (Lipinski definition) is 6. The number of rotatable bonds is 9. The molecule has 0 fully saturated rings. The molecule has 2 rings (SSSR count). The van der Waals surface area contributed by atoms with Crippen molar-refractivity contribution in [2.75, 3.05) is 25.8 Å². The van der Waals surface area contributed by atoms with Crippen LogP contribution in [0, 0.1) is 20.8 Å². The normalized spacial score (nSPS) is 13.3. The number of anilines is 1. The summed E-state index contributed by atoms with van der Waals surface area (Å²) in [4.78, 5) is 15.0. The van der Waals surface area contributed by atoms with E-state index in [1.165, 1.54) is 0 Å². The number of hydrogen-bond donors (Lipinski definition) is 2. The van der Waals surface area contributed by atoms with E-state index in [9.17, 15) is 9.46 Å². The van der Waals surface area contributed by atoms with Gasteiger partial charge in [0.15, 0.2) is 11.5 Å². The zero-order valence-corrected chi connectivity index (χ0v) is 20.9. The molecule has 1 atom stereocenters. The van der Waals surface area contributed by atoms with Crippen molar-refractivity contribution < 1.29 is 23.5 Å². The molecular formula is C23H35N2O5P. The average molecular weight is 451 g/mol. The number of nitrogens with one attached hydrogen (secondary N) is 1. The third kappa shape index (κ3) is 5.34. The van der Waals surface area contributed by atoms with Gasteiger partial charge in [0.25, 0.3) is 0 Å². The van der Waals surface area contributed by atoms with Crippen molar-refractivity contribution >= 4 is 13.4 Å². The summed E-state index contributed by atoms with van der Waals surface area (Å²) < 4.78 is 30.3. The summed E-state index contributed by atoms with van der Waals surface area (Å²) in [7, 11) is -0.911. The molecule has 8 heteroatoms. The standard InChI is InChI=1S/C23H35N2O5P/c1-13(2)18-17(7)20(28-8)22(29-9)19(14(3)4)21(18)30-31(26,27)12-25-23-16(6)15(5)10-11-24-23/h10-11,13-14H,12H2,1-9H3,(H,24,25)(H,26,27). The van der Waals surface area contributed by atoms with Gasteiger partial charge in [-0.2, -0.15) is 0 Å². The maximum Gasteiger partial charge on any atom is 0.395 e. The molecular weight excluding hydrogens is 415 g/mol. The van der Waals surface area contributed by atoms with Crippen molar-refractivity contribution in [3.05, 3.63) is 40.1 Å². The molecule has 0 radical (unpaired) electrons. The Bertz CT molecular complexity index is 989. The van der Waals surface area contributed by atoms with Crippen LogP contribution in [0.3, 0.4) is 0 Å². The first-order chi connectivity index (χ1) is 14.4. The van der Waals surface area contributed by atoms with Gasteiger partial charge in [0.2, 0.25) is 0 Å². The van der Waals surface area contributed by atoms with Gasteiger partial charge in [-0.3, -0.25) is 0 Å². The van der Waals surface area contributed by atoms with Crippen LogP contribution in [0.4, 0.5) is 5.82 Å². The fourth-order valence-corrected chi connectivity index (χ4v) is 4.66. The van der Waals surface area contributed by atoms with Crippen LogP contribution in [0.1, 0.15) is 67.3 Å². The van der Waals surface area contributed by atoms with E-state index in [2.05, 4.69) is 10.3 Å². The Morgan fingerprint density at radius 2 is 1.55 bits per heavy atom. The second-order valence-corrected chi connectivity index (χ2v) is 10.1. The first kappa shape index (κ1) is 25.0. The van der Waals surface area contributed by atoms with Gasteiger partial charge >= 0.3 is 7.60 Å². The monoisotopic (exact) mass is 450 g/mol. The minimum absolute atomic E-state index is 0.0226. The minimum Gasteiger partial charge on any atom is -0.493 e. The molecule has 1 heterocycles. The molecule has 0 aliphatic rings. The average Bonchev–Trinajstić information content (AvgIpc) is 2.67. The van der Waals surface area contributed by atoms with Crippen LogP contribution in [0.5, 0.6) is 17.2 Å². The van der Waals surface area contributed by atoms with Gasteiger partial charge in [-0.25, -0.2) is 9.55 Å². The van der Waals surface area contributed by atoms with E-state index >= 15 is 0 Å². The van der Waals surface area contributed by atoms with E-state index in [0.29, 0.717) is 28.6 Å². The second kappa shape index (κ2) is 9.92. The Morgan fingerprint density at radius 3 is 2.06 bits per heavy atom. The van der Waals surface area contributed by atoms with Gasteiger partial charge in [-0.1, -0.05) is 27.7 Å².